The first-order valence-corrected chi connectivity index (χ1v) is 5.13. The highest BCUT2D eigenvalue weighted by molar-refractivity contribution is 7.85. The Morgan fingerprint density at radius 3 is 1.78 bits per heavy atom. The molecule has 0 heterocycles. The Balaban J connectivity index is 5.08. The topological polar surface area (TPSA) is 81.7 Å². The summed E-state index contributed by atoms with van der Waals surface area (Å²) in [7, 11) is -4.99. The second-order valence-electron chi connectivity index (χ2n) is 2.61. The van der Waals surface area contributed by atoms with Crippen LogP contribution < -0.4 is 4.72 Å². The maximum absolute atomic E-state index is 11.9. The van der Waals surface area contributed by atoms with Crippen LogP contribution in [0.3, 0.4) is 0 Å². The van der Waals surface area contributed by atoms with E-state index in [9.17, 15) is 39.6 Å². The molecule has 0 aromatic heterocycles. The van der Waals surface area contributed by atoms with E-state index >= 15 is 0 Å². The molecular formula is C5H5F6NO5S. The molecule has 0 aliphatic rings. The summed E-state index contributed by atoms with van der Waals surface area (Å²) in [5.74, 6) is 0. The smallest absolute Gasteiger partial charge is 0.425 e. The lowest BCUT2D eigenvalue weighted by Crippen LogP contribution is -2.48. The molecule has 0 radical (unpaired) electrons. The van der Waals surface area contributed by atoms with E-state index in [0.717, 1.165) is 0 Å². The van der Waals surface area contributed by atoms with E-state index < -0.39 is 34.9 Å². The van der Waals surface area contributed by atoms with Gasteiger partial charge in [-0.05, 0) is 0 Å². The molecule has 0 atom stereocenters. The van der Waals surface area contributed by atoms with Gasteiger partial charge < -0.3 is 4.74 Å². The van der Waals surface area contributed by atoms with Crippen molar-refractivity contribution in [2.24, 2.45) is 0 Å². The van der Waals surface area contributed by atoms with Gasteiger partial charge in [0.05, 0.1) is 7.11 Å². The van der Waals surface area contributed by atoms with Crippen LogP contribution in [0.4, 0.5) is 31.1 Å². The zero-order chi connectivity index (χ0) is 14.8. The predicted molar refractivity (Wildman–Crippen MR) is 41.4 cm³/mol. The van der Waals surface area contributed by atoms with Crippen LogP contribution in [-0.4, -0.2) is 40.1 Å². The first kappa shape index (κ1) is 16.8. The number of amides is 1. The number of carbonyl (C=O) groups excluding carboxylic acids is 1. The van der Waals surface area contributed by atoms with Gasteiger partial charge in [0.1, 0.15) is 0 Å². The van der Waals surface area contributed by atoms with Crippen molar-refractivity contribution in [2.45, 2.75) is 18.5 Å². The lowest BCUT2D eigenvalue weighted by atomic mass is 10.3. The third kappa shape index (κ3) is 5.39. The molecule has 18 heavy (non-hydrogen) atoms. The van der Waals surface area contributed by atoms with E-state index in [4.69, 9.17) is 0 Å². The highest BCUT2D eigenvalue weighted by atomic mass is 32.2. The summed E-state index contributed by atoms with van der Waals surface area (Å²) in [5.41, 5.74) is 0. The van der Waals surface area contributed by atoms with Gasteiger partial charge in [-0.15, -0.1) is 0 Å². The van der Waals surface area contributed by atoms with Gasteiger partial charge in [-0.1, -0.05) is 0 Å². The summed E-state index contributed by atoms with van der Waals surface area (Å²) in [4.78, 5) is 10.4. The Hall–Kier alpha value is -1.24. The number of methoxy groups -OCH3 is 1. The number of carbonyl (C=O) groups is 1. The zero-order valence-corrected chi connectivity index (χ0v) is 9.11. The van der Waals surface area contributed by atoms with Crippen molar-refractivity contribution in [2.75, 3.05) is 7.11 Å². The number of alkyl halides is 6. The second kappa shape index (κ2) is 5.17. The van der Waals surface area contributed by atoms with Crippen molar-refractivity contribution in [1.82, 2.24) is 4.72 Å². The van der Waals surface area contributed by atoms with Crippen LogP contribution in [-0.2, 0) is 19.2 Å². The molecule has 0 saturated carbocycles. The first-order valence-electron chi connectivity index (χ1n) is 3.72. The molecule has 0 spiro atoms. The summed E-state index contributed by atoms with van der Waals surface area (Å²) in [5, 5.41) is 0. The molecule has 108 valence electrons. The van der Waals surface area contributed by atoms with Gasteiger partial charge in [0.2, 0.25) is 0 Å². The van der Waals surface area contributed by atoms with Crippen molar-refractivity contribution in [3.05, 3.63) is 0 Å². The highest BCUT2D eigenvalue weighted by Crippen LogP contribution is 2.36. The van der Waals surface area contributed by atoms with Gasteiger partial charge in [-0.3, -0.25) is 0 Å². The normalized spacial score (nSPS) is 13.6. The summed E-state index contributed by atoms with van der Waals surface area (Å²) in [6, 6.07) is 0. The SMILES string of the molecule is COC(=O)NS(=O)(=O)OC(C(F)(F)F)C(F)(F)F. The van der Waals surface area contributed by atoms with Crippen LogP contribution in [0.1, 0.15) is 0 Å². The molecule has 0 aliphatic heterocycles. The maximum Gasteiger partial charge on any atom is 0.425 e. The van der Waals surface area contributed by atoms with Crippen molar-refractivity contribution in [1.29, 1.82) is 0 Å². The minimum absolute atomic E-state index is 0.635. The molecule has 0 rings (SSSR count). The van der Waals surface area contributed by atoms with Crippen molar-refractivity contribution < 1.29 is 48.5 Å². The zero-order valence-electron chi connectivity index (χ0n) is 8.29. The minimum Gasteiger partial charge on any atom is -0.452 e. The van der Waals surface area contributed by atoms with Crippen LogP contribution in [0.2, 0.25) is 0 Å². The van der Waals surface area contributed by atoms with Gasteiger partial charge in [-0.25, -0.2) is 8.98 Å². The van der Waals surface area contributed by atoms with E-state index in [1.807, 2.05) is 0 Å². The van der Waals surface area contributed by atoms with Crippen molar-refractivity contribution in [3.63, 3.8) is 0 Å². The maximum atomic E-state index is 11.9. The molecule has 13 heteroatoms. The summed E-state index contributed by atoms with van der Waals surface area (Å²) in [6.07, 6.45) is -18.4. The average Bonchev–Trinajstić information content (AvgIpc) is 2.10. The highest BCUT2D eigenvalue weighted by Gasteiger charge is 2.60. The van der Waals surface area contributed by atoms with E-state index in [1.54, 1.807) is 0 Å². The van der Waals surface area contributed by atoms with Crippen LogP contribution in [0, 0.1) is 0 Å². The fourth-order valence-electron chi connectivity index (χ4n) is 0.589. The molecular weight excluding hydrogens is 300 g/mol. The Morgan fingerprint density at radius 1 is 1.11 bits per heavy atom. The van der Waals surface area contributed by atoms with Gasteiger partial charge in [0.25, 0.3) is 6.10 Å². The Morgan fingerprint density at radius 2 is 1.50 bits per heavy atom. The third-order valence-corrected chi connectivity index (χ3v) is 2.07. The molecule has 0 bridgehead atoms. The van der Waals surface area contributed by atoms with E-state index in [-0.39, 0.29) is 0 Å². The Kier molecular flexibility index (Phi) is 4.82. The predicted octanol–water partition coefficient (Wildman–Crippen LogP) is 1.10. The summed E-state index contributed by atoms with van der Waals surface area (Å²) in [6.45, 7) is 0. The number of hydrogen-bond donors (Lipinski definition) is 1. The van der Waals surface area contributed by atoms with Gasteiger partial charge >= 0.3 is 28.8 Å². The molecule has 6 nitrogen and oxygen atoms in total. The molecule has 0 saturated heterocycles. The standard InChI is InChI=1S/C5H5F6NO5S/c1-16-3(13)12-18(14,15)17-2(4(6,7)8)5(9,10)11/h2H,1H3,(H,12,13). The average molecular weight is 305 g/mol. The number of ether oxygens (including phenoxy) is 1. The number of nitrogens with one attached hydrogen (secondary N) is 1. The molecule has 1 N–H and O–H groups in total. The molecule has 1 amide bonds. The molecule has 0 fully saturated rings. The number of hydrogen-bond acceptors (Lipinski definition) is 5. The van der Waals surface area contributed by atoms with Gasteiger partial charge in [0.15, 0.2) is 0 Å². The second-order valence-corrected chi connectivity index (χ2v) is 3.91. The monoisotopic (exact) mass is 305 g/mol. The molecule has 0 aliphatic carbocycles. The van der Waals surface area contributed by atoms with Gasteiger partial charge in [0, 0.05) is 0 Å². The third-order valence-electron chi connectivity index (χ3n) is 1.21. The van der Waals surface area contributed by atoms with E-state index in [2.05, 4.69) is 8.92 Å². The van der Waals surface area contributed by atoms with Crippen LogP contribution in [0.25, 0.3) is 0 Å². The number of halogens is 6. The van der Waals surface area contributed by atoms with Crippen molar-refractivity contribution >= 4 is 16.4 Å². The fourth-order valence-corrected chi connectivity index (χ4v) is 1.40. The van der Waals surface area contributed by atoms with Gasteiger partial charge in [-0.2, -0.15) is 39.5 Å². The fraction of sp³-hybridized carbons (Fsp3) is 0.800. The van der Waals surface area contributed by atoms with Crippen LogP contribution in [0.15, 0.2) is 0 Å². The largest absolute Gasteiger partial charge is 0.452 e. The van der Waals surface area contributed by atoms with E-state index in [0.29, 0.717) is 11.8 Å². The quantitative estimate of drug-likeness (QED) is 0.790. The Bertz CT molecular complexity index is 386. The Labute approximate surface area is 96.1 Å². The van der Waals surface area contributed by atoms with Crippen LogP contribution in [0.5, 0.6) is 0 Å². The van der Waals surface area contributed by atoms with Crippen molar-refractivity contribution in [3.8, 4) is 0 Å². The minimum atomic E-state index is -6.02. The van der Waals surface area contributed by atoms with Crippen LogP contribution >= 0.6 is 0 Å². The molecule has 0 unspecified atom stereocenters. The first-order chi connectivity index (χ1) is 7.79. The number of rotatable bonds is 3. The molecule has 0 aromatic carbocycles. The summed E-state index contributed by atoms with van der Waals surface area (Å²) >= 11 is 0. The lowest BCUT2D eigenvalue weighted by molar-refractivity contribution is -0.299. The van der Waals surface area contributed by atoms with E-state index in [1.165, 1.54) is 0 Å². The summed E-state index contributed by atoms with van der Waals surface area (Å²) < 4.78 is 100.0. The molecule has 0 aromatic rings. The lowest BCUT2D eigenvalue weighted by Gasteiger charge is -2.22.